The molecule has 26 heavy (non-hydrogen) atoms. The Morgan fingerprint density at radius 2 is 1.69 bits per heavy atom. The summed E-state index contributed by atoms with van der Waals surface area (Å²) in [5.74, 6) is 0.817. The van der Waals surface area contributed by atoms with Crippen molar-refractivity contribution in [3.05, 3.63) is 29.8 Å². The van der Waals surface area contributed by atoms with Crippen molar-refractivity contribution >= 4 is 16.1 Å². The Balaban J connectivity index is 1.56. The number of nitrogens with one attached hydrogen (secondary N) is 2. The monoisotopic (exact) mass is 384 g/mol. The van der Waals surface area contributed by atoms with Crippen LogP contribution in [0.1, 0.15) is 5.56 Å². The highest BCUT2D eigenvalue weighted by Crippen LogP contribution is 2.11. The van der Waals surface area contributed by atoms with E-state index in [1.54, 1.807) is 7.11 Å². The number of amides is 2. The van der Waals surface area contributed by atoms with Crippen LogP contribution in [-0.4, -0.2) is 82.8 Å². The number of piperazine rings is 1. The first-order valence-electron chi connectivity index (χ1n) is 8.70. The second-order valence-electron chi connectivity index (χ2n) is 6.28. The summed E-state index contributed by atoms with van der Waals surface area (Å²) < 4.78 is 29.5. The fourth-order valence-corrected chi connectivity index (χ4v) is 3.61. The normalized spacial score (nSPS) is 16.2. The van der Waals surface area contributed by atoms with Crippen molar-refractivity contribution in [2.45, 2.75) is 6.42 Å². The van der Waals surface area contributed by atoms with Crippen molar-refractivity contribution in [2.24, 2.45) is 0 Å². The molecule has 1 saturated heterocycles. The van der Waals surface area contributed by atoms with E-state index in [1.807, 2.05) is 24.3 Å². The molecule has 0 atom stereocenters. The maximum absolute atomic E-state index is 11.8. The maximum atomic E-state index is 11.8. The molecule has 0 radical (unpaired) electrons. The molecule has 0 bridgehead atoms. The number of carbonyl (C=O) groups excluding carboxylic acids is 1. The molecule has 1 fully saturated rings. The number of rotatable bonds is 8. The minimum absolute atomic E-state index is 0.187. The lowest BCUT2D eigenvalue weighted by atomic mass is 10.1. The Morgan fingerprint density at radius 1 is 1.08 bits per heavy atom. The molecule has 9 heteroatoms. The van der Waals surface area contributed by atoms with E-state index in [1.165, 1.54) is 10.6 Å². The van der Waals surface area contributed by atoms with Gasteiger partial charge in [-0.2, -0.15) is 4.31 Å². The number of sulfonamides is 1. The van der Waals surface area contributed by atoms with Crippen LogP contribution in [0.3, 0.4) is 0 Å². The minimum Gasteiger partial charge on any atom is -0.497 e. The summed E-state index contributed by atoms with van der Waals surface area (Å²) in [5, 5.41) is 5.67. The predicted octanol–water partition coefficient (Wildman–Crippen LogP) is 0.114. The van der Waals surface area contributed by atoms with Gasteiger partial charge < -0.3 is 15.4 Å². The number of benzene rings is 1. The number of hydrogen-bond acceptors (Lipinski definition) is 5. The average Bonchev–Trinajstić information content (AvgIpc) is 2.62. The molecule has 146 valence electrons. The fourth-order valence-electron chi connectivity index (χ4n) is 2.79. The van der Waals surface area contributed by atoms with Gasteiger partial charge in [0.1, 0.15) is 5.75 Å². The summed E-state index contributed by atoms with van der Waals surface area (Å²) in [4.78, 5) is 14.0. The number of urea groups is 1. The first-order valence-corrected chi connectivity index (χ1v) is 10.6. The summed E-state index contributed by atoms with van der Waals surface area (Å²) in [6.45, 7) is 4.20. The van der Waals surface area contributed by atoms with Crippen molar-refractivity contribution in [1.29, 1.82) is 0 Å². The van der Waals surface area contributed by atoms with Crippen molar-refractivity contribution < 1.29 is 17.9 Å². The Kier molecular flexibility index (Phi) is 7.67. The molecule has 1 aliphatic heterocycles. The SMILES string of the molecule is COc1ccc(CCNC(=O)NCCN2CCN(S(C)(=O)=O)CC2)cc1. The van der Waals surface area contributed by atoms with Gasteiger partial charge in [-0.15, -0.1) is 0 Å². The Hall–Kier alpha value is -1.84. The second kappa shape index (κ2) is 9.75. The molecule has 0 unspecified atom stereocenters. The largest absolute Gasteiger partial charge is 0.497 e. The molecular formula is C17H28N4O4S. The van der Waals surface area contributed by atoms with Crippen LogP contribution in [0.2, 0.25) is 0 Å². The van der Waals surface area contributed by atoms with Gasteiger partial charge in [-0.1, -0.05) is 12.1 Å². The topological polar surface area (TPSA) is 91.0 Å². The zero-order chi connectivity index (χ0) is 19.0. The third-order valence-electron chi connectivity index (χ3n) is 4.37. The molecule has 2 rings (SSSR count). The summed E-state index contributed by atoms with van der Waals surface area (Å²) in [6, 6.07) is 7.58. The van der Waals surface area contributed by atoms with E-state index in [2.05, 4.69) is 15.5 Å². The van der Waals surface area contributed by atoms with E-state index < -0.39 is 10.0 Å². The molecule has 2 amide bonds. The second-order valence-corrected chi connectivity index (χ2v) is 8.27. The molecule has 1 heterocycles. The minimum atomic E-state index is -3.10. The van der Waals surface area contributed by atoms with Crippen molar-refractivity contribution in [2.75, 3.05) is 59.2 Å². The van der Waals surface area contributed by atoms with E-state index in [0.29, 0.717) is 45.8 Å². The molecule has 2 N–H and O–H groups in total. The third kappa shape index (κ3) is 6.81. The summed E-state index contributed by atoms with van der Waals surface area (Å²) in [5.41, 5.74) is 1.13. The van der Waals surface area contributed by atoms with E-state index in [4.69, 9.17) is 4.74 Å². The van der Waals surface area contributed by atoms with Gasteiger partial charge in [-0.25, -0.2) is 13.2 Å². The lowest BCUT2D eigenvalue weighted by molar-refractivity contribution is 0.188. The molecule has 1 aromatic carbocycles. The first-order chi connectivity index (χ1) is 12.4. The van der Waals surface area contributed by atoms with Gasteiger partial charge >= 0.3 is 6.03 Å². The third-order valence-corrected chi connectivity index (χ3v) is 5.68. The number of ether oxygens (including phenoxy) is 1. The molecular weight excluding hydrogens is 356 g/mol. The number of methoxy groups -OCH3 is 1. The van der Waals surface area contributed by atoms with Gasteiger partial charge in [0.25, 0.3) is 0 Å². The van der Waals surface area contributed by atoms with Crippen molar-refractivity contribution in [3.63, 3.8) is 0 Å². The number of nitrogens with zero attached hydrogens (tertiary/aromatic N) is 2. The first kappa shape index (κ1) is 20.5. The van der Waals surface area contributed by atoms with Crippen LogP contribution in [-0.2, 0) is 16.4 Å². The number of carbonyl (C=O) groups is 1. The summed E-state index contributed by atoms with van der Waals surface area (Å²) in [7, 11) is -1.47. The molecule has 1 aromatic rings. The zero-order valence-electron chi connectivity index (χ0n) is 15.4. The highest BCUT2D eigenvalue weighted by atomic mass is 32.2. The predicted molar refractivity (Wildman–Crippen MR) is 101 cm³/mol. The van der Waals surface area contributed by atoms with E-state index >= 15 is 0 Å². The van der Waals surface area contributed by atoms with Crippen LogP contribution in [0.25, 0.3) is 0 Å². The number of hydrogen-bond donors (Lipinski definition) is 2. The van der Waals surface area contributed by atoms with Crippen LogP contribution in [0.15, 0.2) is 24.3 Å². The maximum Gasteiger partial charge on any atom is 0.314 e. The molecule has 0 aromatic heterocycles. The highest BCUT2D eigenvalue weighted by Gasteiger charge is 2.22. The average molecular weight is 385 g/mol. The Bertz CT molecular complexity index is 671. The lowest BCUT2D eigenvalue weighted by Gasteiger charge is -2.33. The van der Waals surface area contributed by atoms with Crippen LogP contribution < -0.4 is 15.4 Å². The summed E-state index contributed by atoms with van der Waals surface area (Å²) in [6.07, 6.45) is 1.99. The lowest BCUT2D eigenvalue weighted by Crippen LogP contribution is -2.50. The van der Waals surface area contributed by atoms with E-state index in [0.717, 1.165) is 17.7 Å². The van der Waals surface area contributed by atoms with Gasteiger partial charge in [0.15, 0.2) is 0 Å². The van der Waals surface area contributed by atoms with Gasteiger partial charge in [-0.05, 0) is 24.1 Å². The van der Waals surface area contributed by atoms with Crippen molar-refractivity contribution in [3.8, 4) is 5.75 Å². The highest BCUT2D eigenvalue weighted by molar-refractivity contribution is 7.88. The van der Waals surface area contributed by atoms with E-state index in [9.17, 15) is 13.2 Å². The van der Waals surface area contributed by atoms with Crippen LogP contribution in [0.4, 0.5) is 4.79 Å². The van der Waals surface area contributed by atoms with Crippen LogP contribution >= 0.6 is 0 Å². The molecule has 0 aliphatic carbocycles. The molecule has 0 saturated carbocycles. The quantitative estimate of drug-likeness (QED) is 0.664. The Morgan fingerprint density at radius 3 is 2.27 bits per heavy atom. The van der Waals surface area contributed by atoms with Gasteiger partial charge in [0.2, 0.25) is 10.0 Å². The molecule has 8 nitrogen and oxygen atoms in total. The van der Waals surface area contributed by atoms with Crippen LogP contribution in [0, 0.1) is 0 Å². The molecule has 1 aliphatic rings. The van der Waals surface area contributed by atoms with Gasteiger partial charge in [0.05, 0.1) is 13.4 Å². The van der Waals surface area contributed by atoms with Crippen LogP contribution in [0.5, 0.6) is 5.75 Å². The fraction of sp³-hybridized carbons (Fsp3) is 0.588. The Labute approximate surface area is 155 Å². The smallest absolute Gasteiger partial charge is 0.314 e. The summed E-state index contributed by atoms with van der Waals surface area (Å²) >= 11 is 0. The standard InChI is InChI=1S/C17H28N4O4S/c1-25-16-5-3-15(4-6-16)7-8-18-17(22)19-9-10-20-11-13-21(14-12-20)26(2,23)24/h3-6H,7-14H2,1-2H3,(H2,18,19,22). The zero-order valence-corrected chi connectivity index (χ0v) is 16.2. The molecule has 0 spiro atoms. The van der Waals surface area contributed by atoms with Gasteiger partial charge in [-0.3, -0.25) is 4.90 Å². The van der Waals surface area contributed by atoms with Crippen molar-refractivity contribution in [1.82, 2.24) is 19.8 Å². The van der Waals surface area contributed by atoms with E-state index in [-0.39, 0.29) is 6.03 Å². The van der Waals surface area contributed by atoms with Gasteiger partial charge in [0, 0.05) is 45.8 Å².